The maximum absolute atomic E-state index is 13.9. The largest absolute Gasteiger partial charge is 0.488 e. The molecule has 2 saturated carbocycles. The van der Waals surface area contributed by atoms with E-state index in [9.17, 15) is 4.79 Å². The average molecular weight is 604 g/mol. The van der Waals surface area contributed by atoms with E-state index >= 15 is 0 Å². The number of nitrogens with zero attached hydrogens (tertiary/aromatic N) is 2. The smallest absolute Gasteiger partial charge is 0.267 e. The minimum absolute atomic E-state index is 0.0986. The first kappa shape index (κ1) is 26.6. The number of hydrogen-bond acceptors (Lipinski definition) is 4. The van der Waals surface area contributed by atoms with Crippen molar-refractivity contribution in [1.82, 2.24) is 4.90 Å². The van der Waals surface area contributed by atoms with Gasteiger partial charge in [0, 0.05) is 16.1 Å². The number of rotatable bonds is 6. The Balaban J connectivity index is 1.29. The zero-order valence-corrected chi connectivity index (χ0v) is 24.7. The van der Waals surface area contributed by atoms with Crippen LogP contribution in [0.1, 0.15) is 75.3 Å². The van der Waals surface area contributed by atoms with Gasteiger partial charge in [-0.1, -0.05) is 96.9 Å². The summed E-state index contributed by atoms with van der Waals surface area (Å²) in [6, 6.07) is 21.3. The number of benzene rings is 3. The van der Waals surface area contributed by atoms with Gasteiger partial charge in [0.1, 0.15) is 12.4 Å². The summed E-state index contributed by atoms with van der Waals surface area (Å²) in [7, 11) is 0. The quantitative estimate of drug-likeness (QED) is 0.264. The number of carbonyl (C=O) groups is 1. The van der Waals surface area contributed by atoms with Gasteiger partial charge in [-0.3, -0.25) is 14.7 Å². The standard InChI is InChI=1S/C33H35BrN2O2S/c34-26-18-19-30(38-22-24-12-9-11-23-10-7-8-17-29(23)24)25(20-26)21-31-32(37)36(28-15-5-2-6-16-28)33(39-31)35-27-13-3-1-4-14-27/h7-12,17-21,27-28H,1-6,13-16,22H2. The van der Waals surface area contributed by atoms with Crippen molar-refractivity contribution in [2.24, 2.45) is 4.99 Å². The highest BCUT2D eigenvalue weighted by Gasteiger charge is 2.39. The fourth-order valence-electron chi connectivity index (χ4n) is 6.08. The third-order valence-electron chi connectivity index (χ3n) is 8.17. The number of halogens is 1. The Kier molecular flexibility index (Phi) is 8.40. The number of ether oxygens (including phenoxy) is 1. The molecule has 6 heteroatoms. The van der Waals surface area contributed by atoms with Gasteiger partial charge in [-0.2, -0.15) is 0 Å². The highest BCUT2D eigenvalue weighted by Crippen LogP contribution is 2.40. The van der Waals surface area contributed by atoms with E-state index in [0.29, 0.717) is 12.6 Å². The fraction of sp³-hybridized carbons (Fsp3) is 0.394. The molecule has 0 spiro atoms. The Morgan fingerprint density at radius 3 is 2.49 bits per heavy atom. The molecule has 0 atom stereocenters. The van der Waals surface area contributed by atoms with E-state index in [4.69, 9.17) is 9.73 Å². The van der Waals surface area contributed by atoms with E-state index in [1.54, 1.807) is 11.8 Å². The lowest BCUT2D eigenvalue weighted by atomic mass is 9.94. The van der Waals surface area contributed by atoms with Gasteiger partial charge < -0.3 is 4.74 Å². The molecule has 0 aromatic heterocycles. The first-order chi connectivity index (χ1) is 19.2. The van der Waals surface area contributed by atoms with Crippen LogP contribution in [0.25, 0.3) is 16.8 Å². The zero-order valence-electron chi connectivity index (χ0n) is 22.3. The topological polar surface area (TPSA) is 41.9 Å². The molecule has 0 radical (unpaired) electrons. The second-order valence-electron chi connectivity index (χ2n) is 10.9. The highest BCUT2D eigenvalue weighted by molar-refractivity contribution is 9.10. The van der Waals surface area contributed by atoms with E-state index in [2.05, 4.69) is 58.4 Å². The summed E-state index contributed by atoms with van der Waals surface area (Å²) in [5, 5.41) is 3.32. The molecular weight excluding hydrogens is 568 g/mol. The normalized spacial score (nSPS) is 21.4. The van der Waals surface area contributed by atoms with E-state index in [1.165, 1.54) is 49.3 Å². The van der Waals surface area contributed by atoms with E-state index < -0.39 is 0 Å². The lowest BCUT2D eigenvalue weighted by Gasteiger charge is -2.31. The van der Waals surface area contributed by atoms with Gasteiger partial charge in [0.15, 0.2) is 5.17 Å². The number of thioether (sulfide) groups is 1. The van der Waals surface area contributed by atoms with Crippen molar-refractivity contribution in [2.75, 3.05) is 0 Å². The van der Waals surface area contributed by atoms with Crippen molar-refractivity contribution in [2.45, 2.75) is 82.9 Å². The summed E-state index contributed by atoms with van der Waals surface area (Å²) in [6.45, 7) is 0.461. The summed E-state index contributed by atoms with van der Waals surface area (Å²) < 4.78 is 7.35. The van der Waals surface area contributed by atoms with E-state index in [0.717, 1.165) is 57.1 Å². The molecule has 0 N–H and O–H groups in total. The summed E-state index contributed by atoms with van der Waals surface area (Å²) in [4.78, 5) is 21.8. The molecule has 0 bridgehead atoms. The number of fused-ring (bicyclic) bond motifs is 1. The van der Waals surface area contributed by atoms with Crippen molar-refractivity contribution in [3.8, 4) is 5.75 Å². The summed E-state index contributed by atoms with van der Waals surface area (Å²) in [5.41, 5.74) is 2.05. The lowest BCUT2D eigenvalue weighted by Crippen LogP contribution is -2.41. The third-order valence-corrected chi connectivity index (χ3v) is 9.66. The van der Waals surface area contributed by atoms with E-state index in [-0.39, 0.29) is 11.9 Å². The van der Waals surface area contributed by atoms with Crippen LogP contribution in [-0.4, -0.2) is 28.1 Å². The maximum Gasteiger partial charge on any atom is 0.267 e. The number of amidine groups is 1. The second-order valence-corrected chi connectivity index (χ2v) is 12.8. The number of hydrogen-bond donors (Lipinski definition) is 0. The SMILES string of the molecule is O=C1C(=Cc2cc(Br)ccc2OCc2cccc3ccccc23)SC(=NC2CCCCC2)N1C1CCCCC1. The molecule has 3 aliphatic rings. The third kappa shape index (κ3) is 6.12. The second kappa shape index (κ2) is 12.3. The maximum atomic E-state index is 13.9. The van der Waals surface area contributed by atoms with Crippen molar-refractivity contribution >= 4 is 55.6 Å². The Labute approximate surface area is 244 Å². The minimum Gasteiger partial charge on any atom is -0.488 e. The molecule has 1 saturated heterocycles. The van der Waals surface area contributed by atoms with Crippen LogP contribution in [0.2, 0.25) is 0 Å². The number of aliphatic imine (C=N–C) groups is 1. The summed E-state index contributed by atoms with van der Waals surface area (Å²) >= 11 is 5.19. The van der Waals surface area contributed by atoms with Crippen LogP contribution >= 0.6 is 27.7 Å². The average Bonchev–Trinajstić information content (AvgIpc) is 3.27. The molecule has 1 heterocycles. The molecule has 202 valence electrons. The molecule has 3 aromatic rings. The van der Waals surface area contributed by atoms with Gasteiger partial charge in [0.25, 0.3) is 5.91 Å². The molecular formula is C33H35BrN2O2S. The lowest BCUT2D eigenvalue weighted by molar-refractivity contribution is -0.124. The first-order valence-corrected chi connectivity index (χ1v) is 16.0. The number of carbonyl (C=O) groups excluding carboxylic acids is 1. The molecule has 4 nitrogen and oxygen atoms in total. The first-order valence-electron chi connectivity index (χ1n) is 14.4. The Morgan fingerprint density at radius 1 is 0.923 bits per heavy atom. The summed E-state index contributed by atoms with van der Waals surface area (Å²) in [5.74, 6) is 0.871. The van der Waals surface area contributed by atoms with Crippen LogP contribution in [0.3, 0.4) is 0 Å². The van der Waals surface area contributed by atoms with Gasteiger partial charge >= 0.3 is 0 Å². The number of amides is 1. The van der Waals surface area contributed by atoms with Gasteiger partial charge in [-0.05, 0) is 78.1 Å². The Bertz CT molecular complexity index is 1400. The van der Waals surface area contributed by atoms with Crippen LogP contribution in [0.15, 0.2) is 75.0 Å². The zero-order chi connectivity index (χ0) is 26.6. The van der Waals surface area contributed by atoms with Crippen molar-refractivity contribution < 1.29 is 9.53 Å². The van der Waals surface area contributed by atoms with Crippen LogP contribution in [0, 0.1) is 0 Å². The van der Waals surface area contributed by atoms with Crippen LogP contribution in [0.4, 0.5) is 0 Å². The fourth-order valence-corrected chi connectivity index (χ4v) is 7.56. The van der Waals surface area contributed by atoms with Gasteiger partial charge in [0.2, 0.25) is 0 Å². The Morgan fingerprint density at radius 2 is 1.67 bits per heavy atom. The van der Waals surface area contributed by atoms with Crippen molar-refractivity contribution in [3.63, 3.8) is 0 Å². The molecule has 39 heavy (non-hydrogen) atoms. The molecule has 1 amide bonds. The Hall–Kier alpha value is -2.57. The van der Waals surface area contributed by atoms with Gasteiger partial charge in [-0.25, -0.2) is 0 Å². The van der Waals surface area contributed by atoms with Gasteiger partial charge in [-0.15, -0.1) is 0 Å². The van der Waals surface area contributed by atoms with Crippen LogP contribution in [0.5, 0.6) is 5.75 Å². The molecule has 6 rings (SSSR count). The van der Waals surface area contributed by atoms with Crippen molar-refractivity contribution in [1.29, 1.82) is 0 Å². The monoisotopic (exact) mass is 602 g/mol. The minimum atomic E-state index is 0.0986. The molecule has 1 aliphatic heterocycles. The molecule has 2 aliphatic carbocycles. The van der Waals surface area contributed by atoms with Crippen molar-refractivity contribution in [3.05, 3.63) is 81.2 Å². The molecule has 3 aromatic carbocycles. The van der Waals surface area contributed by atoms with Gasteiger partial charge in [0.05, 0.1) is 10.9 Å². The summed E-state index contributed by atoms with van der Waals surface area (Å²) in [6.07, 6.45) is 13.8. The molecule has 0 unspecified atom stereocenters. The van der Waals surface area contributed by atoms with Crippen LogP contribution in [-0.2, 0) is 11.4 Å². The van der Waals surface area contributed by atoms with E-state index in [1.807, 2.05) is 29.2 Å². The van der Waals surface area contributed by atoms with Crippen LogP contribution < -0.4 is 4.74 Å². The predicted molar refractivity (Wildman–Crippen MR) is 166 cm³/mol. The highest BCUT2D eigenvalue weighted by atomic mass is 79.9. The predicted octanol–water partition coefficient (Wildman–Crippen LogP) is 9.12. The molecule has 3 fully saturated rings.